The van der Waals surface area contributed by atoms with Crippen LogP contribution in [0.2, 0.25) is 0 Å². The van der Waals surface area contributed by atoms with Gasteiger partial charge in [-0.05, 0) is 74.9 Å². The van der Waals surface area contributed by atoms with Crippen LogP contribution in [-0.4, -0.2) is 30.8 Å². The summed E-state index contributed by atoms with van der Waals surface area (Å²) in [6.07, 6.45) is 4.90. The van der Waals surface area contributed by atoms with Crippen molar-refractivity contribution in [2.45, 2.75) is 52.9 Å². The van der Waals surface area contributed by atoms with Crippen LogP contribution in [0, 0.1) is 5.92 Å². The first-order chi connectivity index (χ1) is 16.5. The highest BCUT2D eigenvalue weighted by atomic mass is 16.5. The molecule has 0 aliphatic carbocycles. The highest BCUT2D eigenvalue weighted by Crippen LogP contribution is 2.28. The molecule has 0 radical (unpaired) electrons. The molecule has 1 heterocycles. The van der Waals surface area contributed by atoms with Gasteiger partial charge in [0, 0.05) is 17.2 Å². The molecule has 3 aromatic rings. The number of ether oxygens (including phenoxy) is 3. The minimum Gasteiger partial charge on any atom is -0.494 e. The monoisotopic (exact) mass is 465 g/mol. The zero-order valence-electron chi connectivity index (χ0n) is 20.5. The molecule has 0 saturated carbocycles. The first-order valence-corrected chi connectivity index (χ1v) is 12.1. The van der Waals surface area contributed by atoms with Gasteiger partial charge in [0.25, 0.3) is 0 Å². The Morgan fingerprint density at radius 2 is 1.71 bits per heavy atom. The van der Waals surface area contributed by atoms with E-state index in [1.165, 1.54) is 0 Å². The van der Waals surface area contributed by atoms with E-state index in [2.05, 4.69) is 25.4 Å². The zero-order chi connectivity index (χ0) is 24.3. The topological polar surface area (TPSA) is 70.8 Å². The third kappa shape index (κ3) is 7.65. The lowest BCUT2D eigenvalue weighted by Crippen LogP contribution is -2.06. The van der Waals surface area contributed by atoms with Gasteiger partial charge in [-0.15, -0.1) is 0 Å². The largest absolute Gasteiger partial charge is 0.494 e. The van der Waals surface area contributed by atoms with Crippen LogP contribution in [0.4, 0.5) is 0 Å². The second kappa shape index (κ2) is 12.8. The molecule has 0 aliphatic heterocycles. The fourth-order valence-electron chi connectivity index (χ4n) is 3.20. The van der Waals surface area contributed by atoms with E-state index >= 15 is 0 Å². The molecule has 6 nitrogen and oxygen atoms in total. The first kappa shape index (κ1) is 25.3. The van der Waals surface area contributed by atoms with E-state index in [0.717, 1.165) is 54.7 Å². The van der Waals surface area contributed by atoms with Crippen molar-refractivity contribution in [2.24, 2.45) is 5.92 Å². The molecule has 34 heavy (non-hydrogen) atoms. The average molecular weight is 466 g/mol. The third-order valence-corrected chi connectivity index (χ3v) is 5.58. The van der Waals surface area contributed by atoms with Gasteiger partial charge in [0.1, 0.15) is 17.0 Å². The maximum atomic E-state index is 11.3. The van der Waals surface area contributed by atoms with Gasteiger partial charge in [0.15, 0.2) is 5.58 Å². The van der Waals surface area contributed by atoms with Gasteiger partial charge in [-0.3, -0.25) is 0 Å². The molecule has 0 saturated heterocycles. The summed E-state index contributed by atoms with van der Waals surface area (Å²) in [5, 5.41) is 0. The van der Waals surface area contributed by atoms with Crippen LogP contribution < -0.4 is 9.47 Å². The SMILES string of the molecule is C=C(C)C(=O)OCCCCCCOc1ccc(-c2nc3ccc(OC[C@@H](C)CC)cc3o2)cc1. The number of nitrogens with zero attached hydrogens (tertiary/aromatic N) is 1. The van der Waals surface area contributed by atoms with Gasteiger partial charge in [-0.1, -0.05) is 26.8 Å². The number of fused-ring (bicyclic) bond motifs is 1. The summed E-state index contributed by atoms with van der Waals surface area (Å²) in [7, 11) is 0. The molecule has 1 aromatic heterocycles. The number of hydrogen-bond donors (Lipinski definition) is 0. The molecule has 3 rings (SSSR count). The minimum absolute atomic E-state index is 0.319. The van der Waals surface area contributed by atoms with Crippen LogP contribution in [0.15, 0.2) is 59.0 Å². The Labute approximate surface area is 201 Å². The molecule has 0 aliphatic rings. The van der Waals surface area contributed by atoms with E-state index in [9.17, 15) is 4.79 Å². The highest BCUT2D eigenvalue weighted by Gasteiger charge is 2.10. The van der Waals surface area contributed by atoms with Gasteiger partial charge in [0.05, 0.1) is 19.8 Å². The summed E-state index contributed by atoms with van der Waals surface area (Å²) >= 11 is 0. The maximum Gasteiger partial charge on any atom is 0.333 e. The van der Waals surface area contributed by atoms with Gasteiger partial charge in [0.2, 0.25) is 5.89 Å². The van der Waals surface area contributed by atoms with Crippen LogP contribution in [0.3, 0.4) is 0 Å². The Balaban J connectivity index is 1.42. The predicted octanol–water partition coefficient (Wildman–Crippen LogP) is 6.98. The third-order valence-electron chi connectivity index (χ3n) is 5.58. The summed E-state index contributed by atoms with van der Waals surface area (Å²) in [5.74, 6) is 2.39. The second-order valence-corrected chi connectivity index (χ2v) is 8.68. The van der Waals surface area contributed by atoms with E-state index in [1.807, 2.05) is 42.5 Å². The van der Waals surface area contributed by atoms with Crippen molar-refractivity contribution in [1.82, 2.24) is 4.98 Å². The Hall–Kier alpha value is -3.28. The summed E-state index contributed by atoms with van der Waals surface area (Å²) in [6, 6.07) is 13.5. The van der Waals surface area contributed by atoms with Crippen LogP contribution in [-0.2, 0) is 9.53 Å². The number of aromatic nitrogens is 1. The predicted molar refractivity (Wildman–Crippen MR) is 134 cm³/mol. The van der Waals surface area contributed by atoms with Gasteiger partial charge in [-0.25, -0.2) is 9.78 Å². The maximum absolute atomic E-state index is 11.3. The molecular formula is C28H35NO5. The molecule has 0 bridgehead atoms. The van der Waals surface area contributed by atoms with Gasteiger partial charge in [-0.2, -0.15) is 0 Å². The van der Waals surface area contributed by atoms with Crippen molar-refractivity contribution >= 4 is 17.1 Å². The van der Waals surface area contributed by atoms with Crippen molar-refractivity contribution < 1.29 is 23.4 Å². The normalized spacial score (nSPS) is 11.9. The molecule has 0 unspecified atom stereocenters. The van der Waals surface area contributed by atoms with Crippen molar-refractivity contribution in [1.29, 1.82) is 0 Å². The molecular weight excluding hydrogens is 430 g/mol. The fraction of sp³-hybridized carbons (Fsp3) is 0.429. The summed E-state index contributed by atoms with van der Waals surface area (Å²) in [6.45, 7) is 11.3. The van der Waals surface area contributed by atoms with E-state index in [1.54, 1.807) is 6.92 Å². The minimum atomic E-state index is -0.319. The molecule has 0 amide bonds. The fourth-order valence-corrected chi connectivity index (χ4v) is 3.20. The Morgan fingerprint density at radius 1 is 1.00 bits per heavy atom. The van der Waals surface area contributed by atoms with E-state index in [4.69, 9.17) is 18.6 Å². The van der Waals surface area contributed by atoms with Crippen molar-refractivity contribution in [2.75, 3.05) is 19.8 Å². The first-order valence-electron chi connectivity index (χ1n) is 12.1. The van der Waals surface area contributed by atoms with Gasteiger partial charge < -0.3 is 18.6 Å². The lowest BCUT2D eigenvalue weighted by atomic mass is 10.1. The summed E-state index contributed by atoms with van der Waals surface area (Å²) in [5.41, 5.74) is 2.86. The zero-order valence-corrected chi connectivity index (χ0v) is 20.5. The number of rotatable bonds is 14. The van der Waals surface area contributed by atoms with E-state index in [0.29, 0.717) is 42.8 Å². The molecule has 1 atom stereocenters. The van der Waals surface area contributed by atoms with E-state index < -0.39 is 0 Å². The van der Waals surface area contributed by atoms with Crippen molar-refractivity contribution in [3.05, 3.63) is 54.6 Å². The number of benzene rings is 2. The molecule has 182 valence electrons. The number of oxazole rings is 1. The number of carbonyl (C=O) groups excluding carboxylic acids is 1. The quantitative estimate of drug-likeness (QED) is 0.145. The van der Waals surface area contributed by atoms with Gasteiger partial charge >= 0.3 is 5.97 Å². The average Bonchev–Trinajstić information content (AvgIpc) is 3.27. The smallest absolute Gasteiger partial charge is 0.333 e. The highest BCUT2D eigenvalue weighted by molar-refractivity contribution is 5.86. The van der Waals surface area contributed by atoms with Crippen LogP contribution in [0.25, 0.3) is 22.6 Å². The number of carbonyl (C=O) groups is 1. The van der Waals surface area contributed by atoms with Crippen LogP contribution in [0.1, 0.15) is 52.9 Å². The van der Waals surface area contributed by atoms with Crippen LogP contribution in [0.5, 0.6) is 11.5 Å². The van der Waals surface area contributed by atoms with Crippen LogP contribution >= 0.6 is 0 Å². The molecule has 0 N–H and O–H groups in total. The Kier molecular flexibility index (Phi) is 9.56. The summed E-state index contributed by atoms with van der Waals surface area (Å²) in [4.78, 5) is 15.9. The molecule has 0 fully saturated rings. The lowest BCUT2D eigenvalue weighted by molar-refractivity contribution is -0.139. The second-order valence-electron chi connectivity index (χ2n) is 8.68. The number of hydrogen-bond acceptors (Lipinski definition) is 6. The standard InChI is InChI=1S/C28H35NO5/c1-5-21(4)19-33-24-14-15-25-26(18-24)34-27(29-25)22-10-12-23(13-11-22)31-16-8-6-7-9-17-32-28(30)20(2)3/h10-15,18,21H,2,5-9,16-17,19H2,1,3-4H3/t21-/m0/s1. The molecule has 6 heteroatoms. The Bertz CT molecular complexity index is 1070. The number of unbranched alkanes of at least 4 members (excludes halogenated alkanes) is 3. The Morgan fingerprint density at radius 3 is 2.41 bits per heavy atom. The van der Waals surface area contributed by atoms with Crippen molar-refractivity contribution in [3.8, 4) is 23.0 Å². The molecule has 2 aromatic carbocycles. The lowest BCUT2D eigenvalue weighted by Gasteiger charge is -2.10. The van der Waals surface area contributed by atoms with E-state index in [-0.39, 0.29) is 5.97 Å². The summed E-state index contributed by atoms with van der Waals surface area (Å²) < 4.78 is 22.8. The van der Waals surface area contributed by atoms with Crippen molar-refractivity contribution in [3.63, 3.8) is 0 Å². The number of esters is 1. The molecule has 0 spiro atoms.